The molecule has 1 saturated heterocycles. The quantitative estimate of drug-likeness (QED) is 0.848. The fourth-order valence-electron chi connectivity index (χ4n) is 4.42. The van der Waals surface area contributed by atoms with Crippen LogP contribution < -0.4 is 15.4 Å². The van der Waals surface area contributed by atoms with Crippen molar-refractivity contribution in [3.05, 3.63) is 65.2 Å². The molecule has 1 heterocycles. The van der Waals surface area contributed by atoms with Gasteiger partial charge in [0.1, 0.15) is 5.75 Å². The number of benzene rings is 2. The Morgan fingerprint density at radius 1 is 1.15 bits per heavy atom. The molecule has 3 nitrogen and oxygen atoms in total. The Bertz CT molecular complexity index is 781. The highest BCUT2D eigenvalue weighted by Crippen LogP contribution is 2.56. The number of hydrogen-bond donors (Lipinski definition) is 2. The summed E-state index contributed by atoms with van der Waals surface area (Å²) in [5.74, 6) is 1.70. The Hall–Kier alpha value is -1.84. The van der Waals surface area contributed by atoms with E-state index in [1.165, 1.54) is 23.1 Å². The summed E-state index contributed by atoms with van der Waals surface area (Å²) in [6.07, 6.45) is 1.25. The molecular formula is C23H30N2O. The summed E-state index contributed by atoms with van der Waals surface area (Å²) in [7, 11) is 1.76. The second-order valence-electron chi connectivity index (χ2n) is 8.82. The Morgan fingerprint density at radius 2 is 1.92 bits per heavy atom. The van der Waals surface area contributed by atoms with Crippen LogP contribution in [0.15, 0.2) is 48.5 Å². The first-order valence-corrected chi connectivity index (χ1v) is 9.65. The van der Waals surface area contributed by atoms with Gasteiger partial charge in [-0.05, 0) is 34.9 Å². The first kappa shape index (κ1) is 17.6. The van der Waals surface area contributed by atoms with E-state index >= 15 is 0 Å². The van der Waals surface area contributed by atoms with Crippen molar-refractivity contribution in [2.45, 2.75) is 50.7 Å². The van der Waals surface area contributed by atoms with Crippen LogP contribution in [0.25, 0.3) is 0 Å². The predicted octanol–water partition coefficient (Wildman–Crippen LogP) is 4.19. The van der Waals surface area contributed by atoms with Gasteiger partial charge in [-0.25, -0.2) is 0 Å². The van der Waals surface area contributed by atoms with E-state index in [4.69, 9.17) is 4.74 Å². The Balaban J connectivity index is 1.56. The molecule has 2 aliphatic rings. The topological polar surface area (TPSA) is 33.3 Å². The molecule has 138 valence electrons. The lowest BCUT2D eigenvalue weighted by molar-refractivity contribution is 0.385. The zero-order valence-electron chi connectivity index (χ0n) is 16.3. The van der Waals surface area contributed by atoms with Crippen LogP contribution in [0.3, 0.4) is 0 Å². The molecule has 2 N–H and O–H groups in total. The Kier molecular flexibility index (Phi) is 4.32. The smallest absolute Gasteiger partial charge is 0.123 e. The summed E-state index contributed by atoms with van der Waals surface area (Å²) in [4.78, 5) is 0. The van der Waals surface area contributed by atoms with E-state index < -0.39 is 0 Å². The van der Waals surface area contributed by atoms with Crippen LogP contribution >= 0.6 is 0 Å². The molecule has 4 rings (SSSR count). The van der Waals surface area contributed by atoms with E-state index in [1.54, 1.807) is 7.11 Å². The van der Waals surface area contributed by atoms with Crippen LogP contribution in [0.4, 0.5) is 0 Å². The van der Waals surface area contributed by atoms with Gasteiger partial charge >= 0.3 is 0 Å². The third kappa shape index (κ3) is 3.04. The molecule has 2 fully saturated rings. The van der Waals surface area contributed by atoms with Gasteiger partial charge in [0.05, 0.1) is 13.2 Å². The first-order valence-electron chi connectivity index (χ1n) is 9.65. The lowest BCUT2D eigenvalue weighted by Gasteiger charge is -2.27. The lowest BCUT2D eigenvalue weighted by atomic mass is 9.86. The van der Waals surface area contributed by atoms with Crippen molar-refractivity contribution in [3.63, 3.8) is 0 Å². The van der Waals surface area contributed by atoms with Crippen molar-refractivity contribution in [2.24, 2.45) is 5.92 Å². The highest BCUT2D eigenvalue weighted by Gasteiger charge is 2.62. The van der Waals surface area contributed by atoms with E-state index in [-0.39, 0.29) is 11.0 Å². The van der Waals surface area contributed by atoms with E-state index in [0.29, 0.717) is 6.04 Å². The zero-order chi connectivity index (χ0) is 18.4. The first-order chi connectivity index (χ1) is 12.4. The van der Waals surface area contributed by atoms with E-state index in [2.05, 4.69) is 79.9 Å². The molecule has 3 atom stereocenters. The SMILES string of the molecule is COc1ccc(C(C)(C)C)cc1CNC12CC1CNC2c1ccccc1. The zero-order valence-corrected chi connectivity index (χ0v) is 16.3. The van der Waals surface area contributed by atoms with Crippen LogP contribution in [-0.4, -0.2) is 19.2 Å². The van der Waals surface area contributed by atoms with Crippen LogP contribution in [0.5, 0.6) is 5.75 Å². The lowest BCUT2D eigenvalue weighted by Crippen LogP contribution is -2.39. The number of hydrogen-bond acceptors (Lipinski definition) is 3. The maximum Gasteiger partial charge on any atom is 0.123 e. The Morgan fingerprint density at radius 3 is 2.58 bits per heavy atom. The van der Waals surface area contributed by atoms with Gasteiger partial charge in [0, 0.05) is 24.2 Å². The molecule has 26 heavy (non-hydrogen) atoms. The number of fused-ring (bicyclic) bond motifs is 1. The van der Waals surface area contributed by atoms with Gasteiger partial charge in [-0.1, -0.05) is 63.2 Å². The number of piperidine rings is 1. The largest absolute Gasteiger partial charge is 0.496 e. The molecule has 3 unspecified atom stereocenters. The van der Waals surface area contributed by atoms with Crippen LogP contribution in [0.2, 0.25) is 0 Å². The van der Waals surface area contributed by atoms with Gasteiger partial charge in [-0.2, -0.15) is 0 Å². The summed E-state index contributed by atoms with van der Waals surface area (Å²) in [5.41, 5.74) is 4.31. The number of methoxy groups -OCH3 is 1. The molecule has 1 aliphatic heterocycles. The van der Waals surface area contributed by atoms with Crippen molar-refractivity contribution in [1.82, 2.24) is 10.6 Å². The number of nitrogens with one attached hydrogen (secondary N) is 2. The fraction of sp³-hybridized carbons (Fsp3) is 0.478. The van der Waals surface area contributed by atoms with Gasteiger partial charge < -0.3 is 15.4 Å². The third-order valence-electron chi connectivity index (χ3n) is 6.12. The minimum absolute atomic E-state index is 0.142. The average Bonchev–Trinajstić information content (AvgIpc) is 3.23. The molecule has 0 bridgehead atoms. The van der Waals surface area contributed by atoms with Crippen LogP contribution in [0.1, 0.15) is 49.9 Å². The molecule has 0 spiro atoms. The molecule has 2 aromatic rings. The maximum absolute atomic E-state index is 5.63. The fourth-order valence-corrected chi connectivity index (χ4v) is 4.42. The molecular weight excluding hydrogens is 320 g/mol. The highest BCUT2D eigenvalue weighted by atomic mass is 16.5. The van der Waals surface area contributed by atoms with E-state index in [9.17, 15) is 0 Å². The number of ether oxygens (including phenoxy) is 1. The molecule has 1 aliphatic carbocycles. The summed E-state index contributed by atoms with van der Waals surface area (Å²) in [5, 5.41) is 7.63. The van der Waals surface area contributed by atoms with Crippen molar-refractivity contribution in [3.8, 4) is 5.75 Å². The molecule has 0 radical (unpaired) electrons. The van der Waals surface area contributed by atoms with Crippen molar-refractivity contribution < 1.29 is 4.74 Å². The van der Waals surface area contributed by atoms with Gasteiger partial charge in [0.25, 0.3) is 0 Å². The predicted molar refractivity (Wildman–Crippen MR) is 107 cm³/mol. The molecule has 1 saturated carbocycles. The Labute approximate surface area is 157 Å². The second-order valence-corrected chi connectivity index (χ2v) is 8.82. The third-order valence-corrected chi connectivity index (χ3v) is 6.12. The van der Waals surface area contributed by atoms with Gasteiger partial charge in [-0.3, -0.25) is 0 Å². The second kappa shape index (κ2) is 6.40. The van der Waals surface area contributed by atoms with Gasteiger partial charge in [0.15, 0.2) is 0 Å². The maximum atomic E-state index is 5.63. The normalized spacial score (nSPS) is 27.2. The molecule has 0 aromatic heterocycles. The van der Waals surface area contributed by atoms with Gasteiger partial charge in [-0.15, -0.1) is 0 Å². The summed E-state index contributed by atoms with van der Waals surface area (Å²) >= 11 is 0. The van der Waals surface area contributed by atoms with Crippen molar-refractivity contribution in [2.75, 3.05) is 13.7 Å². The molecule has 3 heteroatoms. The minimum Gasteiger partial charge on any atom is -0.496 e. The molecule has 2 aromatic carbocycles. The van der Waals surface area contributed by atoms with E-state index in [1.807, 2.05) is 0 Å². The van der Waals surface area contributed by atoms with Crippen LogP contribution in [-0.2, 0) is 12.0 Å². The highest BCUT2D eigenvalue weighted by molar-refractivity contribution is 5.40. The van der Waals surface area contributed by atoms with Crippen LogP contribution in [0, 0.1) is 5.92 Å². The summed E-state index contributed by atoms with van der Waals surface area (Å²) in [6.45, 7) is 8.72. The monoisotopic (exact) mass is 350 g/mol. The van der Waals surface area contributed by atoms with Gasteiger partial charge in [0.2, 0.25) is 0 Å². The molecule has 0 amide bonds. The summed E-state index contributed by atoms with van der Waals surface area (Å²) < 4.78 is 5.63. The van der Waals surface area contributed by atoms with Crippen molar-refractivity contribution >= 4 is 0 Å². The number of rotatable bonds is 5. The summed E-state index contributed by atoms with van der Waals surface area (Å²) in [6, 6.07) is 17.8. The minimum atomic E-state index is 0.142. The van der Waals surface area contributed by atoms with E-state index in [0.717, 1.165) is 24.8 Å². The standard InChI is InChI=1S/C23H30N2O/c1-22(2,3)18-10-11-20(26-4)17(12-18)14-25-23-13-19(23)15-24-21(23)16-8-6-5-7-9-16/h5-12,19,21,24-25H,13-15H2,1-4H3. The van der Waals surface area contributed by atoms with Crippen molar-refractivity contribution in [1.29, 1.82) is 0 Å². The average molecular weight is 351 g/mol.